The molecular formula is C8H15N7O2S3. The summed E-state index contributed by atoms with van der Waals surface area (Å²) >= 11 is 1.05. The van der Waals surface area contributed by atoms with Gasteiger partial charge in [0.15, 0.2) is 5.96 Å². The van der Waals surface area contributed by atoms with Crippen LogP contribution in [0.3, 0.4) is 0 Å². The fourth-order valence-corrected chi connectivity index (χ4v) is 3.03. The summed E-state index contributed by atoms with van der Waals surface area (Å²) < 4.78 is 18.3. The molecule has 0 aliphatic heterocycles. The molecule has 1 atom stereocenters. The van der Waals surface area contributed by atoms with Crippen LogP contribution in [0.4, 0.5) is 5.13 Å². The first kappa shape index (κ1) is 16.8. The van der Waals surface area contributed by atoms with E-state index in [0.29, 0.717) is 23.1 Å². The molecule has 9 nitrogen and oxygen atoms in total. The summed E-state index contributed by atoms with van der Waals surface area (Å²) in [6.07, 6.45) is 0.477. The highest BCUT2D eigenvalue weighted by molar-refractivity contribution is 7.98. The average molecular weight is 337 g/mol. The molecule has 0 aliphatic rings. The zero-order valence-corrected chi connectivity index (χ0v) is 12.8. The van der Waals surface area contributed by atoms with Crippen LogP contribution in [0, 0.1) is 0 Å². The van der Waals surface area contributed by atoms with E-state index in [2.05, 4.69) is 24.6 Å². The number of guanidine groups is 1. The summed E-state index contributed by atoms with van der Waals surface area (Å²) in [6.45, 7) is 0. The van der Waals surface area contributed by atoms with E-state index < -0.39 is 11.3 Å². The standard InChI is InChI=1S/C8H15N7O2S3/c9-6(15-20(16)17-12)1-2-18-3-5-4-19-8(13-5)14-7(10)11/h4H,1-3,12H2,(H2,9,15)(H4,10,11,13,14). The number of nitrogens with two attached hydrogens (primary N) is 4. The van der Waals surface area contributed by atoms with Crippen molar-refractivity contribution in [1.29, 1.82) is 0 Å². The minimum absolute atomic E-state index is 0.0161. The summed E-state index contributed by atoms with van der Waals surface area (Å²) in [4.78, 5) is 8.08. The molecule has 0 spiro atoms. The summed E-state index contributed by atoms with van der Waals surface area (Å²) in [6, 6.07) is 0. The van der Waals surface area contributed by atoms with Gasteiger partial charge in [-0.3, -0.25) is 0 Å². The number of rotatable bonds is 8. The van der Waals surface area contributed by atoms with Gasteiger partial charge >= 0.3 is 11.3 Å². The Kier molecular flexibility index (Phi) is 7.46. The molecule has 1 rings (SSSR count). The molecule has 1 aromatic rings. The Bertz CT molecular complexity index is 512. The van der Waals surface area contributed by atoms with E-state index in [1.54, 1.807) is 11.8 Å². The Labute approximate surface area is 126 Å². The maximum absolute atomic E-state index is 10.8. The molecule has 0 amide bonds. The smallest absolute Gasteiger partial charge is 0.303 e. The van der Waals surface area contributed by atoms with Crippen molar-refractivity contribution < 1.29 is 8.49 Å². The molecule has 0 saturated heterocycles. The third-order valence-electron chi connectivity index (χ3n) is 1.79. The topological polar surface area (TPSA) is 168 Å². The predicted molar refractivity (Wildman–Crippen MR) is 83.4 cm³/mol. The summed E-state index contributed by atoms with van der Waals surface area (Å²) in [5, 5.41) is 2.40. The number of hydrogen-bond acceptors (Lipinski definition) is 7. The summed E-state index contributed by atoms with van der Waals surface area (Å²) in [5.74, 6) is 6.29. The van der Waals surface area contributed by atoms with Gasteiger partial charge < -0.3 is 17.2 Å². The van der Waals surface area contributed by atoms with Crippen molar-refractivity contribution in [1.82, 2.24) is 4.98 Å². The molecule has 0 aromatic carbocycles. The van der Waals surface area contributed by atoms with Gasteiger partial charge in [-0.05, 0) is 0 Å². The van der Waals surface area contributed by atoms with Crippen LogP contribution >= 0.6 is 23.1 Å². The minimum Gasteiger partial charge on any atom is -0.386 e. The third kappa shape index (κ3) is 6.81. The van der Waals surface area contributed by atoms with Gasteiger partial charge in [-0.25, -0.2) is 9.19 Å². The lowest BCUT2D eigenvalue weighted by Crippen LogP contribution is -2.21. The molecule has 0 aliphatic carbocycles. The molecule has 112 valence electrons. The lowest BCUT2D eigenvalue weighted by atomic mass is 10.5. The van der Waals surface area contributed by atoms with Gasteiger partial charge in [0.05, 0.1) is 5.69 Å². The van der Waals surface area contributed by atoms with E-state index in [9.17, 15) is 4.21 Å². The molecule has 1 aromatic heterocycles. The first-order valence-electron chi connectivity index (χ1n) is 5.25. The van der Waals surface area contributed by atoms with Crippen LogP contribution in [0.25, 0.3) is 0 Å². The highest BCUT2D eigenvalue weighted by Gasteiger charge is 2.03. The average Bonchev–Trinajstić information content (AvgIpc) is 2.81. The Morgan fingerprint density at radius 2 is 2.25 bits per heavy atom. The molecule has 20 heavy (non-hydrogen) atoms. The zero-order valence-electron chi connectivity index (χ0n) is 10.4. The highest BCUT2D eigenvalue weighted by Crippen LogP contribution is 2.21. The number of aliphatic imine (C=N–C) groups is 1. The third-order valence-corrected chi connectivity index (χ3v) is 4.12. The minimum atomic E-state index is -1.92. The van der Waals surface area contributed by atoms with Crippen molar-refractivity contribution >= 4 is 51.3 Å². The number of hydrogen-bond donors (Lipinski definition) is 4. The molecule has 0 fully saturated rings. The number of nitrogens with zero attached hydrogens (tertiary/aromatic N) is 3. The number of aromatic nitrogens is 1. The lowest BCUT2D eigenvalue weighted by Gasteiger charge is -1.99. The molecule has 0 bridgehead atoms. The normalized spacial score (nSPS) is 13.2. The van der Waals surface area contributed by atoms with Crippen molar-refractivity contribution in [3.8, 4) is 0 Å². The van der Waals surface area contributed by atoms with E-state index in [1.807, 2.05) is 5.38 Å². The van der Waals surface area contributed by atoms with Gasteiger partial charge in [0.25, 0.3) is 0 Å². The molecular weight excluding hydrogens is 322 g/mol. The molecule has 0 radical (unpaired) electrons. The van der Waals surface area contributed by atoms with Crippen LogP contribution < -0.4 is 23.1 Å². The van der Waals surface area contributed by atoms with Crippen LogP contribution in [0.15, 0.2) is 14.8 Å². The largest absolute Gasteiger partial charge is 0.386 e. The van der Waals surface area contributed by atoms with Crippen molar-refractivity contribution in [2.75, 3.05) is 5.75 Å². The van der Waals surface area contributed by atoms with E-state index >= 15 is 0 Å². The SMILES string of the molecule is NOS(=O)N=C(N)CCSCc1csc(N=C(N)N)n1. The van der Waals surface area contributed by atoms with Gasteiger partial charge in [-0.2, -0.15) is 26.9 Å². The first-order chi connectivity index (χ1) is 9.51. The van der Waals surface area contributed by atoms with Crippen molar-refractivity contribution in [2.24, 2.45) is 32.5 Å². The second-order valence-electron chi connectivity index (χ2n) is 3.36. The summed E-state index contributed by atoms with van der Waals surface area (Å²) in [5.41, 5.74) is 16.9. The molecule has 12 heteroatoms. The van der Waals surface area contributed by atoms with Crippen molar-refractivity contribution in [3.05, 3.63) is 11.1 Å². The molecule has 0 saturated carbocycles. The fraction of sp³-hybridized carbons (Fsp3) is 0.375. The van der Waals surface area contributed by atoms with Crippen LogP contribution in [-0.2, 0) is 21.3 Å². The Morgan fingerprint density at radius 1 is 1.50 bits per heavy atom. The van der Waals surface area contributed by atoms with E-state index in [0.717, 1.165) is 5.69 Å². The van der Waals surface area contributed by atoms with Crippen molar-refractivity contribution in [3.63, 3.8) is 0 Å². The van der Waals surface area contributed by atoms with Gasteiger partial charge in [-0.1, -0.05) is 0 Å². The van der Waals surface area contributed by atoms with E-state index in [1.165, 1.54) is 11.3 Å². The van der Waals surface area contributed by atoms with Crippen LogP contribution in [-0.4, -0.2) is 26.7 Å². The predicted octanol–water partition coefficient (Wildman–Crippen LogP) is -0.502. The Balaban J connectivity index is 2.31. The molecule has 1 unspecified atom stereocenters. The number of thioether (sulfide) groups is 1. The van der Waals surface area contributed by atoms with Gasteiger partial charge in [0, 0.05) is 23.3 Å². The molecule has 8 N–H and O–H groups in total. The second kappa shape index (κ2) is 8.86. The monoisotopic (exact) mass is 337 g/mol. The lowest BCUT2D eigenvalue weighted by molar-refractivity contribution is 0.368. The van der Waals surface area contributed by atoms with Gasteiger partial charge in [0.1, 0.15) is 5.84 Å². The van der Waals surface area contributed by atoms with Gasteiger partial charge in [0.2, 0.25) is 5.13 Å². The zero-order chi connectivity index (χ0) is 15.0. The maximum atomic E-state index is 10.8. The van der Waals surface area contributed by atoms with E-state index in [-0.39, 0.29) is 11.8 Å². The van der Waals surface area contributed by atoms with Crippen molar-refractivity contribution in [2.45, 2.75) is 12.2 Å². The highest BCUT2D eigenvalue weighted by atomic mass is 32.2. The number of amidine groups is 1. The Hall–Kier alpha value is -1.21. The van der Waals surface area contributed by atoms with Crippen LogP contribution in [0.1, 0.15) is 12.1 Å². The number of thiazole rings is 1. The Morgan fingerprint density at radius 3 is 2.90 bits per heavy atom. The van der Waals surface area contributed by atoms with Gasteiger partial charge in [-0.15, -0.1) is 15.7 Å². The summed E-state index contributed by atoms with van der Waals surface area (Å²) in [7, 11) is 0. The quantitative estimate of drug-likeness (QED) is 0.213. The molecule has 1 heterocycles. The van der Waals surface area contributed by atoms with Crippen LogP contribution in [0.2, 0.25) is 0 Å². The second-order valence-corrected chi connectivity index (χ2v) is 6.11. The van der Waals surface area contributed by atoms with E-state index in [4.69, 9.17) is 17.2 Å². The van der Waals surface area contributed by atoms with Crippen LogP contribution in [0.5, 0.6) is 0 Å². The maximum Gasteiger partial charge on any atom is 0.303 e. The fourth-order valence-electron chi connectivity index (χ4n) is 1.04. The first-order valence-corrected chi connectivity index (χ1v) is 8.31.